The van der Waals surface area contributed by atoms with E-state index in [2.05, 4.69) is 5.32 Å². The SMILES string of the molecule is O=C1NC(=O)C(=C2CCCOC2=O)N1. The molecule has 3 amide bonds. The molecule has 0 radical (unpaired) electrons. The van der Waals surface area contributed by atoms with Crippen LogP contribution in [0.25, 0.3) is 0 Å². The van der Waals surface area contributed by atoms with Gasteiger partial charge in [-0.25, -0.2) is 9.59 Å². The highest BCUT2D eigenvalue weighted by atomic mass is 16.5. The Hall–Kier alpha value is -1.85. The quantitative estimate of drug-likeness (QED) is 0.308. The molecule has 14 heavy (non-hydrogen) atoms. The lowest BCUT2D eigenvalue weighted by Crippen LogP contribution is -2.23. The third kappa shape index (κ3) is 1.34. The molecule has 2 fully saturated rings. The number of urea groups is 1. The average molecular weight is 196 g/mol. The fourth-order valence-corrected chi connectivity index (χ4v) is 1.41. The Labute approximate surface area is 79.3 Å². The summed E-state index contributed by atoms with van der Waals surface area (Å²) in [6, 6.07) is -0.601. The van der Waals surface area contributed by atoms with Gasteiger partial charge in [-0.1, -0.05) is 0 Å². The van der Waals surface area contributed by atoms with Crippen LogP contribution in [0, 0.1) is 0 Å². The third-order valence-corrected chi connectivity index (χ3v) is 2.05. The monoisotopic (exact) mass is 196 g/mol. The summed E-state index contributed by atoms with van der Waals surface area (Å²) in [5.74, 6) is -1.09. The number of hydrogen-bond donors (Lipinski definition) is 2. The number of rotatable bonds is 0. The topological polar surface area (TPSA) is 84.5 Å². The zero-order valence-corrected chi connectivity index (χ0v) is 7.25. The average Bonchev–Trinajstić information content (AvgIpc) is 2.46. The van der Waals surface area contributed by atoms with Crippen LogP contribution in [-0.2, 0) is 14.3 Å². The number of amides is 3. The molecule has 2 heterocycles. The second-order valence-corrected chi connectivity index (χ2v) is 3.00. The molecule has 0 aromatic carbocycles. The van der Waals surface area contributed by atoms with E-state index in [0.717, 1.165) is 0 Å². The van der Waals surface area contributed by atoms with Gasteiger partial charge in [-0.2, -0.15) is 0 Å². The molecule has 0 spiro atoms. The van der Waals surface area contributed by atoms with Crippen LogP contribution in [0.2, 0.25) is 0 Å². The van der Waals surface area contributed by atoms with Gasteiger partial charge in [0.2, 0.25) is 0 Å². The minimum absolute atomic E-state index is 0.0275. The second kappa shape index (κ2) is 3.13. The molecular formula is C8H8N2O4. The Morgan fingerprint density at radius 3 is 2.50 bits per heavy atom. The van der Waals surface area contributed by atoms with Crippen molar-refractivity contribution in [1.82, 2.24) is 10.6 Å². The Balaban J connectivity index is 2.33. The van der Waals surface area contributed by atoms with E-state index in [-0.39, 0.29) is 11.3 Å². The Morgan fingerprint density at radius 2 is 1.93 bits per heavy atom. The third-order valence-electron chi connectivity index (χ3n) is 2.05. The summed E-state index contributed by atoms with van der Waals surface area (Å²) in [7, 11) is 0. The Kier molecular flexibility index (Phi) is 1.95. The Bertz CT molecular complexity index is 358. The van der Waals surface area contributed by atoms with E-state index in [1.807, 2.05) is 5.32 Å². The maximum absolute atomic E-state index is 11.2. The summed E-state index contributed by atoms with van der Waals surface area (Å²) in [5, 5.41) is 4.31. The van der Waals surface area contributed by atoms with Gasteiger partial charge in [-0.3, -0.25) is 10.1 Å². The molecule has 0 atom stereocenters. The largest absolute Gasteiger partial charge is 0.462 e. The van der Waals surface area contributed by atoms with Crippen LogP contribution < -0.4 is 10.6 Å². The van der Waals surface area contributed by atoms with Gasteiger partial charge < -0.3 is 10.1 Å². The highest BCUT2D eigenvalue weighted by molar-refractivity contribution is 6.15. The molecule has 0 aliphatic carbocycles. The van der Waals surface area contributed by atoms with Crippen LogP contribution in [0.4, 0.5) is 4.79 Å². The number of hydrogen-bond acceptors (Lipinski definition) is 4. The molecule has 6 heteroatoms. The normalized spacial score (nSPS) is 27.0. The fraction of sp³-hybridized carbons (Fsp3) is 0.375. The molecular weight excluding hydrogens is 188 g/mol. The molecule has 2 saturated heterocycles. The van der Waals surface area contributed by atoms with E-state index in [9.17, 15) is 14.4 Å². The van der Waals surface area contributed by atoms with Crippen molar-refractivity contribution >= 4 is 17.9 Å². The number of ether oxygens (including phenoxy) is 1. The van der Waals surface area contributed by atoms with E-state index >= 15 is 0 Å². The molecule has 74 valence electrons. The van der Waals surface area contributed by atoms with Gasteiger partial charge in [0.15, 0.2) is 0 Å². The van der Waals surface area contributed by atoms with Crippen molar-refractivity contribution in [3.8, 4) is 0 Å². The van der Waals surface area contributed by atoms with Crippen LogP contribution in [0.3, 0.4) is 0 Å². The lowest BCUT2D eigenvalue weighted by Gasteiger charge is -2.14. The molecule has 2 aliphatic rings. The molecule has 0 saturated carbocycles. The van der Waals surface area contributed by atoms with Gasteiger partial charge in [0.25, 0.3) is 5.91 Å². The minimum Gasteiger partial charge on any atom is -0.462 e. The highest BCUT2D eigenvalue weighted by Gasteiger charge is 2.31. The van der Waals surface area contributed by atoms with Crippen LogP contribution >= 0.6 is 0 Å². The predicted molar refractivity (Wildman–Crippen MR) is 43.9 cm³/mol. The van der Waals surface area contributed by atoms with Crippen LogP contribution in [0.5, 0.6) is 0 Å². The van der Waals surface area contributed by atoms with E-state index in [1.165, 1.54) is 0 Å². The van der Waals surface area contributed by atoms with Gasteiger partial charge in [0.1, 0.15) is 5.70 Å². The zero-order chi connectivity index (χ0) is 10.1. The molecule has 6 nitrogen and oxygen atoms in total. The van der Waals surface area contributed by atoms with Crippen molar-refractivity contribution < 1.29 is 19.1 Å². The summed E-state index contributed by atoms with van der Waals surface area (Å²) in [5.41, 5.74) is 0.277. The highest BCUT2D eigenvalue weighted by Crippen LogP contribution is 2.18. The van der Waals surface area contributed by atoms with Crippen molar-refractivity contribution in [3.63, 3.8) is 0 Å². The van der Waals surface area contributed by atoms with Gasteiger partial charge in [0, 0.05) is 0 Å². The van der Waals surface area contributed by atoms with Crippen molar-refractivity contribution in [2.45, 2.75) is 12.8 Å². The number of esters is 1. The lowest BCUT2D eigenvalue weighted by molar-refractivity contribution is -0.141. The second-order valence-electron chi connectivity index (χ2n) is 3.00. The first-order valence-electron chi connectivity index (χ1n) is 4.21. The van der Waals surface area contributed by atoms with Crippen molar-refractivity contribution in [1.29, 1.82) is 0 Å². The summed E-state index contributed by atoms with van der Waals surface area (Å²) in [4.78, 5) is 33.2. The van der Waals surface area contributed by atoms with E-state index in [1.54, 1.807) is 0 Å². The number of nitrogens with one attached hydrogen (secondary N) is 2. The summed E-state index contributed by atoms with van der Waals surface area (Å²) < 4.78 is 4.76. The smallest absolute Gasteiger partial charge is 0.336 e. The molecule has 2 aliphatic heterocycles. The van der Waals surface area contributed by atoms with Gasteiger partial charge in [-0.15, -0.1) is 0 Å². The van der Waals surface area contributed by atoms with E-state index in [0.29, 0.717) is 19.4 Å². The Morgan fingerprint density at radius 1 is 1.14 bits per heavy atom. The van der Waals surface area contributed by atoms with E-state index in [4.69, 9.17) is 4.74 Å². The standard InChI is InChI=1S/C8H8N2O4/c11-6-5(9-8(13)10-6)4-2-1-3-14-7(4)12/h1-3H2,(H2,9,10,11,13). The predicted octanol–water partition coefficient (Wildman–Crippen LogP) is -0.583. The minimum atomic E-state index is -0.601. The summed E-state index contributed by atoms with van der Waals surface area (Å²) in [6.07, 6.45) is 1.13. The van der Waals surface area contributed by atoms with Crippen molar-refractivity contribution in [2.24, 2.45) is 0 Å². The fourth-order valence-electron chi connectivity index (χ4n) is 1.41. The number of imide groups is 1. The molecule has 0 unspecified atom stereocenters. The number of carbonyl (C=O) groups is 3. The summed E-state index contributed by atoms with van der Waals surface area (Å²) >= 11 is 0. The molecule has 0 aromatic rings. The first-order valence-corrected chi connectivity index (χ1v) is 4.21. The van der Waals surface area contributed by atoms with Crippen molar-refractivity contribution in [3.05, 3.63) is 11.3 Å². The van der Waals surface area contributed by atoms with Gasteiger partial charge in [-0.05, 0) is 12.8 Å². The number of carbonyl (C=O) groups excluding carboxylic acids is 3. The van der Waals surface area contributed by atoms with E-state index < -0.39 is 17.9 Å². The molecule has 2 rings (SSSR count). The molecule has 0 bridgehead atoms. The van der Waals surface area contributed by atoms with Crippen LogP contribution in [0.15, 0.2) is 11.3 Å². The maximum Gasteiger partial charge on any atom is 0.336 e. The molecule has 2 N–H and O–H groups in total. The first-order chi connectivity index (χ1) is 6.68. The zero-order valence-electron chi connectivity index (χ0n) is 7.25. The van der Waals surface area contributed by atoms with Crippen molar-refractivity contribution in [2.75, 3.05) is 6.61 Å². The lowest BCUT2D eigenvalue weighted by atomic mass is 10.1. The number of cyclic esters (lactones) is 1. The molecule has 0 aromatic heterocycles. The van der Waals surface area contributed by atoms with Gasteiger partial charge in [0.05, 0.1) is 12.2 Å². The summed E-state index contributed by atoms with van der Waals surface area (Å²) in [6.45, 7) is 0.366. The first kappa shape index (κ1) is 8.74. The van der Waals surface area contributed by atoms with Crippen LogP contribution in [-0.4, -0.2) is 24.5 Å². The maximum atomic E-state index is 11.2. The van der Waals surface area contributed by atoms with Gasteiger partial charge >= 0.3 is 12.0 Å². The van der Waals surface area contributed by atoms with Crippen LogP contribution in [0.1, 0.15) is 12.8 Å².